The molecule has 0 spiro atoms. The van der Waals surface area contributed by atoms with Gasteiger partial charge in [0.15, 0.2) is 5.69 Å². The lowest BCUT2D eigenvalue weighted by molar-refractivity contribution is -0.119. The van der Waals surface area contributed by atoms with Crippen molar-refractivity contribution in [1.29, 1.82) is 0 Å². The number of aromatic amines is 1. The van der Waals surface area contributed by atoms with E-state index in [1.807, 2.05) is 30.3 Å². The van der Waals surface area contributed by atoms with E-state index in [4.69, 9.17) is 0 Å². The molecule has 0 bridgehead atoms. The van der Waals surface area contributed by atoms with Crippen molar-refractivity contribution in [2.24, 2.45) is 0 Å². The molecule has 0 fully saturated rings. The van der Waals surface area contributed by atoms with E-state index in [-0.39, 0.29) is 11.8 Å². The smallest absolute Gasteiger partial charge is 0.276 e. The Balaban J connectivity index is 1.74. The molecular formula is C17H15IN4O2. The van der Waals surface area contributed by atoms with Gasteiger partial charge in [0.2, 0.25) is 5.91 Å². The first-order chi connectivity index (χ1) is 11.5. The third-order valence-corrected chi connectivity index (χ3v) is 4.16. The minimum Gasteiger partial charge on any atom is -0.352 e. The molecule has 3 rings (SSSR count). The second-order valence-electron chi connectivity index (χ2n) is 5.32. The highest BCUT2D eigenvalue weighted by Crippen LogP contribution is 2.20. The van der Waals surface area contributed by atoms with Crippen molar-refractivity contribution < 1.29 is 9.59 Å². The van der Waals surface area contributed by atoms with Gasteiger partial charge < -0.3 is 10.6 Å². The van der Waals surface area contributed by atoms with Crippen molar-refractivity contribution in [3.8, 4) is 0 Å². The van der Waals surface area contributed by atoms with E-state index >= 15 is 0 Å². The number of halogens is 1. The maximum atomic E-state index is 12.4. The number of carbonyl (C=O) groups is 2. The van der Waals surface area contributed by atoms with Gasteiger partial charge >= 0.3 is 0 Å². The normalized spacial score (nSPS) is 10.6. The topological polar surface area (TPSA) is 86.9 Å². The van der Waals surface area contributed by atoms with Crippen LogP contribution in [0.5, 0.6) is 0 Å². The van der Waals surface area contributed by atoms with E-state index in [0.29, 0.717) is 17.9 Å². The van der Waals surface area contributed by atoms with Crippen LogP contribution < -0.4 is 10.6 Å². The number of fused-ring (bicyclic) bond motifs is 1. The average Bonchev–Trinajstić information content (AvgIpc) is 2.97. The summed E-state index contributed by atoms with van der Waals surface area (Å²) in [6.07, 6.45) is 0. The summed E-state index contributed by atoms with van der Waals surface area (Å²) in [5.74, 6) is -0.342. The third kappa shape index (κ3) is 3.73. The van der Waals surface area contributed by atoms with Gasteiger partial charge in [0.25, 0.3) is 5.91 Å². The fourth-order valence-electron chi connectivity index (χ4n) is 2.28. The largest absolute Gasteiger partial charge is 0.352 e. The number of hydrogen-bond donors (Lipinski definition) is 3. The molecule has 6 nitrogen and oxygen atoms in total. The quantitative estimate of drug-likeness (QED) is 0.552. The van der Waals surface area contributed by atoms with E-state index in [1.165, 1.54) is 6.92 Å². The van der Waals surface area contributed by atoms with Crippen molar-refractivity contribution in [2.75, 3.05) is 5.32 Å². The lowest BCUT2D eigenvalue weighted by atomic mass is 10.2. The molecule has 3 N–H and O–H groups in total. The molecule has 24 heavy (non-hydrogen) atoms. The predicted octanol–water partition coefficient (Wildman–Crippen LogP) is 3.06. The summed E-state index contributed by atoms with van der Waals surface area (Å²) in [6, 6.07) is 13.1. The Morgan fingerprint density at radius 1 is 1.17 bits per heavy atom. The van der Waals surface area contributed by atoms with E-state index in [0.717, 1.165) is 20.0 Å². The average molecular weight is 434 g/mol. The first-order valence-electron chi connectivity index (χ1n) is 7.31. The number of carbonyl (C=O) groups excluding carboxylic acids is 2. The first-order valence-corrected chi connectivity index (χ1v) is 8.39. The number of aromatic nitrogens is 2. The molecule has 0 atom stereocenters. The standard InChI is InChI=1S/C17H15IN4O2/c1-10(23)19-9-11-2-5-13(6-3-11)20-17(24)16-14-8-12(18)4-7-15(14)21-22-16/h2-8H,9H2,1H3,(H,19,23)(H,20,24)(H,21,22). The van der Waals surface area contributed by atoms with Crippen LogP contribution in [0.3, 0.4) is 0 Å². The number of H-pyrrole nitrogens is 1. The Morgan fingerprint density at radius 2 is 1.92 bits per heavy atom. The molecule has 0 saturated carbocycles. The van der Waals surface area contributed by atoms with Gasteiger partial charge in [-0.15, -0.1) is 0 Å². The SMILES string of the molecule is CC(=O)NCc1ccc(NC(=O)c2n[nH]c3ccc(I)cc23)cc1. The van der Waals surface area contributed by atoms with Crippen LogP contribution in [0.4, 0.5) is 5.69 Å². The Morgan fingerprint density at radius 3 is 2.62 bits per heavy atom. The van der Waals surface area contributed by atoms with Gasteiger partial charge in [-0.1, -0.05) is 12.1 Å². The van der Waals surface area contributed by atoms with Crippen LogP contribution in [0.15, 0.2) is 42.5 Å². The van der Waals surface area contributed by atoms with E-state index in [2.05, 4.69) is 43.4 Å². The highest BCUT2D eigenvalue weighted by Gasteiger charge is 2.14. The van der Waals surface area contributed by atoms with Gasteiger partial charge in [0.05, 0.1) is 5.52 Å². The molecule has 2 amide bonds. The molecule has 0 aliphatic heterocycles. The minimum absolute atomic E-state index is 0.0765. The zero-order valence-corrected chi connectivity index (χ0v) is 15.0. The number of hydrogen-bond acceptors (Lipinski definition) is 3. The Kier molecular flexibility index (Phi) is 4.79. The Hall–Kier alpha value is -2.42. The lowest BCUT2D eigenvalue weighted by Crippen LogP contribution is -2.18. The van der Waals surface area contributed by atoms with Crippen LogP contribution in [0.1, 0.15) is 23.0 Å². The summed E-state index contributed by atoms with van der Waals surface area (Å²) >= 11 is 2.20. The van der Waals surface area contributed by atoms with Crippen molar-refractivity contribution in [1.82, 2.24) is 15.5 Å². The molecule has 3 aromatic rings. The van der Waals surface area contributed by atoms with Crippen molar-refractivity contribution in [2.45, 2.75) is 13.5 Å². The van der Waals surface area contributed by atoms with Crippen LogP contribution in [0, 0.1) is 3.57 Å². The number of nitrogens with one attached hydrogen (secondary N) is 3. The zero-order chi connectivity index (χ0) is 17.1. The summed E-state index contributed by atoms with van der Waals surface area (Å²) in [5.41, 5.74) is 2.83. The summed E-state index contributed by atoms with van der Waals surface area (Å²) in [7, 11) is 0. The van der Waals surface area contributed by atoms with E-state index < -0.39 is 0 Å². The maximum absolute atomic E-state index is 12.4. The molecule has 0 radical (unpaired) electrons. The second-order valence-corrected chi connectivity index (χ2v) is 6.57. The molecule has 0 unspecified atom stereocenters. The molecule has 122 valence electrons. The lowest BCUT2D eigenvalue weighted by Gasteiger charge is -2.06. The van der Waals surface area contributed by atoms with Crippen LogP contribution in [0.2, 0.25) is 0 Å². The van der Waals surface area contributed by atoms with Crippen molar-refractivity contribution in [3.05, 3.63) is 57.3 Å². The zero-order valence-electron chi connectivity index (χ0n) is 12.9. The monoisotopic (exact) mass is 434 g/mol. The molecule has 0 aliphatic rings. The van der Waals surface area contributed by atoms with Gasteiger partial charge in [-0.2, -0.15) is 5.10 Å². The van der Waals surface area contributed by atoms with Gasteiger partial charge in [0.1, 0.15) is 0 Å². The van der Waals surface area contributed by atoms with Crippen LogP contribution in [-0.2, 0) is 11.3 Å². The number of nitrogens with zero attached hydrogens (tertiary/aromatic N) is 1. The molecule has 0 saturated heterocycles. The fourth-order valence-corrected chi connectivity index (χ4v) is 2.77. The van der Waals surface area contributed by atoms with Crippen LogP contribution in [-0.4, -0.2) is 22.0 Å². The van der Waals surface area contributed by atoms with Gasteiger partial charge in [-0.25, -0.2) is 0 Å². The highest BCUT2D eigenvalue weighted by molar-refractivity contribution is 14.1. The van der Waals surface area contributed by atoms with Gasteiger partial charge in [-0.3, -0.25) is 14.7 Å². The summed E-state index contributed by atoms with van der Waals surface area (Å²) in [4.78, 5) is 23.4. The molecule has 0 aliphatic carbocycles. The van der Waals surface area contributed by atoms with Crippen LogP contribution >= 0.6 is 22.6 Å². The second kappa shape index (κ2) is 7.00. The Bertz CT molecular complexity index is 903. The van der Waals surface area contributed by atoms with Crippen LogP contribution in [0.25, 0.3) is 10.9 Å². The Labute approximate surface area is 152 Å². The number of anilines is 1. The molecule has 1 aromatic heterocycles. The number of rotatable bonds is 4. The van der Waals surface area contributed by atoms with Crippen molar-refractivity contribution in [3.63, 3.8) is 0 Å². The summed E-state index contributed by atoms with van der Waals surface area (Å²) < 4.78 is 1.04. The van der Waals surface area contributed by atoms with E-state index in [9.17, 15) is 9.59 Å². The first kappa shape index (κ1) is 16.4. The van der Waals surface area contributed by atoms with Gasteiger partial charge in [-0.05, 0) is 58.5 Å². The molecular weight excluding hydrogens is 419 g/mol. The number of benzene rings is 2. The van der Waals surface area contributed by atoms with E-state index in [1.54, 1.807) is 12.1 Å². The molecule has 2 aromatic carbocycles. The highest BCUT2D eigenvalue weighted by atomic mass is 127. The molecule has 1 heterocycles. The fraction of sp³-hybridized carbons (Fsp3) is 0.118. The molecule has 7 heteroatoms. The third-order valence-electron chi connectivity index (χ3n) is 3.49. The summed E-state index contributed by atoms with van der Waals surface area (Å²) in [6.45, 7) is 1.94. The minimum atomic E-state index is -0.266. The summed E-state index contributed by atoms with van der Waals surface area (Å²) in [5, 5.41) is 13.3. The predicted molar refractivity (Wildman–Crippen MR) is 101 cm³/mol. The number of amides is 2. The maximum Gasteiger partial charge on any atom is 0.276 e. The van der Waals surface area contributed by atoms with Crippen molar-refractivity contribution >= 4 is 51.0 Å². The van der Waals surface area contributed by atoms with Gasteiger partial charge in [0, 0.05) is 28.1 Å².